The lowest BCUT2D eigenvalue weighted by Gasteiger charge is -2.22. The van der Waals surface area contributed by atoms with Gasteiger partial charge in [-0.05, 0) is 54.1 Å². The summed E-state index contributed by atoms with van der Waals surface area (Å²) in [5.74, 6) is 0.336. The predicted octanol–water partition coefficient (Wildman–Crippen LogP) is 5.40. The van der Waals surface area contributed by atoms with Gasteiger partial charge in [-0.1, -0.05) is 70.4 Å². The second-order valence-corrected chi connectivity index (χ2v) is 12.4. The van der Waals surface area contributed by atoms with E-state index in [1.165, 1.54) is 24.3 Å². The molecule has 35 heavy (non-hydrogen) atoms. The summed E-state index contributed by atoms with van der Waals surface area (Å²) in [6.45, 7) is 0.422. The van der Waals surface area contributed by atoms with Crippen LogP contribution in [0.1, 0.15) is 5.56 Å². The van der Waals surface area contributed by atoms with Crippen molar-refractivity contribution < 1.29 is 21.6 Å². The normalized spacial score (nSPS) is 11.9. The maximum atomic E-state index is 13.4. The number of benzene rings is 4. The Kier molecular flexibility index (Phi) is 7.92. The Morgan fingerprint density at radius 2 is 1.06 bits per heavy atom. The van der Waals surface area contributed by atoms with E-state index in [0.29, 0.717) is 21.0 Å². The Bertz CT molecular complexity index is 1370. The molecule has 0 N–H and O–H groups in total. The minimum atomic E-state index is -4.32. The van der Waals surface area contributed by atoms with Gasteiger partial charge in [-0.15, -0.1) is 11.8 Å². The summed E-state index contributed by atoms with van der Waals surface area (Å²) in [6, 6.07) is 31.9. The van der Waals surface area contributed by atoms with Crippen LogP contribution in [-0.2, 0) is 26.7 Å². The Labute approximate surface area is 210 Å². The van der Waals surface area contributed by atoms with Crippen molar-refractivity contribution in [3.05, 3.63) is 121 Å². The van der Waals surface area contributed by atoms with Crippen molar-refractivity contribution in [2.75, 3.05) is 5.88 Å². The smallest absolute Gasteiger partial charge is 0.257 e. The first-order valence-electron chi connectivity index (χ1n) is 10.6. The Hall–Kier alpha value is -3.11. The summed E-state index contributed by atoms with van der Waals surface area (Å²) in [5, 5.41) is 0. The molecule has 0 radical (unpaired) electrons. The van der Waals surface area contributed by atoms with Crippen molar-refractivity contribution in [2.45, 2.75) is 21.3 Å². The third-order valence-corrected chi connectivity index (χ3v) is 10.6. The third kappa shape index (κ3) is 6.12. The summed E-state index contributed by atoms with van der Waals surface area (Å²) in [4.78, 5) is 0.517. The molecule has 0 bridgehead atoms. The van der Waals surface area contributed by atoms with E-state index in [4.69, 9.17) is 4.74 Å². The van der Waals surface area contributed by atoms with Gasteiger partial charge in [0.05, 0.1) is 15.7 Å². The standard InChI is InChI=1S/C26H23NO5S3/c28-34(29,25-12-6-2-7-13-25)27(35(30,31)26-14-8-3-9-15-26)21-33-24-18-16-23(17-19-24)32-20-22-10-4-1-5-11-22/h1-19H,20-21H2. The molecule has 0 heterocycles. The van der Waals surface area contributed by atoms with E-state index >= 15 is 0 Å². The lowest BCUT2D eigenvalue weighted by atomic mass is 10.2. The minimum absolute atomic E-state index is 0.0928. The molecule has 0 spiro atoms. The molecule has 4 rings (SSSR count). The average Bonchev–Trinajstić information content (AvgIpc) is 2.90. The second-order valence-electron chi connectivity index (χ2n) is 7.43. The fourth-order valence-corrected chi connectivity index (χ4v) is 8.22. The van der Waals surface area contributed by atoms with Crippen LogP contribution in [0.4, 0.5) is 0 Å². The van der Waals surface area contributed by atoms with Gasteiger partial charge in [0.25, 0.3) is 20.0 Å². The number of nitrogens with zero attached hydrogens (tertiary/aromatic N) is 1. The Morgan fingerprint density at radius 3 is 1.54 bits per heavy atom. The molecule has 0 amide bonds. The Morgan fingerprint density at radius 1 is 0.600 bits per heavy atom. The maximum Gasteiger partial charge on any atom is 0.257 e. The average molecular weight is 526 g/mol. The van der Waals surface area contributed by atoms with E-state index in [-0.39, 0.29) is 15.7 Å². The third-order valence-electron chi connectivity index (χ3n) is 5.03. The number of hydrogen-bond acceptors (Lipinski definition) is 6. The van der Waals surface area contributed by atoms with Gasteiger partial charge in [-0.3, -0.25) is 0 Å². The first kappa shape index (κ1) is 25.0. The van der Waals surface area contributed by atoms with Crippen molar-refractivity contribution in [3.8, 4) is 5.75 Å². The lowest BCUT2D eigenvalue weighted by molar-refractivity contribution is 0.306. The molecule has 4 aromatic carbocycles. The summed E-state index contributed by atoms with van der Waals surface area (Å²) >= 11 is 1.11. The quantitative estimate of drug-likeness (QED) is 0.204. The molecule has 0 atom stereocenters. The second kappa shape index (κ2) is 11.1. The molecule has 9 heteroatoms. The highest BCUT2D eigenvalue weighted by molar-refractivity contribution is 8.06. The van der Waals surface area contributed by atoms with Crippen LogP contribution >= 0.6 is 11.8 Å². The summed E-state index contributed by atoms with van der Waals surface area (Å²) in [5.41, 5.74) is 1.04. The summed E-state index contributed by atoms with van der Waals surface area (Å²) in [7, 11) is -8.65. The molecule has 0 aliphatic rings. The molecular formula is C26H23NO5S3. The number of rotatable bonds is 10. The van der Waals surface area contributed by atoms with E-state index in [1.807, 2.05) is 30.3 Å². The van der Waals surface area contributed by atoms with Gasteiger partial charge in [-0.25, -0.2) is 16.8 Å². The van der Waals surface area contributed by atoms with Crippen LogP contribution < -0.4 is 4.74 Å². The fraction of sp³-hybridized carbons (Fsp3) is 0.0769. The molecule has 0 aliphatic carbocycles. The fourth-order valence-electron chi connectivity index (χ4n) is 3.19. The van der Waals surface area contributed by atoms with E-state index in [0.717, 1.165) is 17.3 Å². The molecule has 0 aromatic heterocycles. The van der Waals surface area contributed by atoms with Crippen molar-refractivity contribution in [1.29, 1.82) is 0 Å². The topological polar surface area (TPSA) is 80.8 Å². The largest absolute Gasteiger partial charge is 0.489 e. The number of ether oxygens (including phenoxy) is 1. The summed E-state index contributed by atoms with van der Waals surface area (Å²) in [6.07, 6.45) is 0. The minimum Gasteiger partial charge on any atom is -0.489 e. The molecular weight excluding hydrogens is 502 g/mol. The van der Waals surface area contributed by atoms with Crippen molar-refractivity contribution in [3.63, 3.8) is 0 Å². The van der Waals surface area contributed by atoms with Crippen molar-refractivity contribution >= 4 is 31.8 Å². The van der Waals surface area contributed by atoms with Gasteiger partial charge in [-0.2, -0.15) is 0 Å². The first-order valence-corrected chi connectivity index (χ1v) is 14.5. The van der Waals surface area contributed by atoms with Crippen molar-refractivity contribution in [2.24, 2.45) is 0 Å². The van der Waals surface area contributed by atoms with Crippen LogP contribution in [-0.4, -0.2) is 26.4 Å². The molecule has 0 fully saturated rings. The van der Waals surface area contributed by atoms with Gasteiger partial charge in [0, 0.05) is 4.90 Å². The van der Waals surface area contributed by atoms with Crippen LogP contribution in [0.25, 0.3) is 0 Å². The number of thioether (sulfide) groups is 1. The van der Waals surface area contributed by atoms with Crippen LogP contribution in [0.5, 0.6) is 5.75 Å². The highest BCUT2D eigenvalue weighted by Gasteiger charge is 2.36. The molecule has 0 saturated heterocycles. The van der Waals surface area contributed by atoms with Gasteiger partial charge in [0.1, 0.15) is 12.4 Å². The van der Waals surface area contributed by atoms with Crippen LogP contribution in [0.2, 0.25) is 0 Å². The van der Waals surface area contributed by atoms with E-state index in [2.05, 4.69) is 0 Å². The molecule has 4 aromatic rings. The zero-order valence-electron chi connectivity index (χ0n) is 18.6. The van der Waals surface area contributed by atoms with Crippen molar-refractivity contribution in [1.82, 2.24) is 3.71 Å². The molecule has 6 nitrogen and oxygen atoms in total. The van der Waals surface area contributed by atoms with Crippen LogP contribution in [0.3, 0.4) is 0 Å². The van der Waals surface area contributed by atoms with E-state index < -0.39 is 20.0 Å². The zero-order chi connectivity index (χ0) is 24.7. The molecule has 0 saturated carbocycles. The molecule has 180 valence electrons. The summed E-state index contributed by atoms with van der Waals surface area (Å²) < 4.78 is 59.8. The monoisotopic (exact) mass is 525 g/mol. The maximum absolute atomic E-state index is 13.4. The number of hydrogen-bond donors (Lipinski definition) is 0. The van der Waals surface area contributed by atoms with E-state index in [1.54, 1.807) is 60.7 Å². The van der Waals surface area contributed by atoms with Gasteiger partial charge in [0.15, 0.2) is 0 Å². The molecule has 0 unspecified atom stereocenters. The predicted molar refractivity (Wildman–Crippen MR) is 137 cm³/mol. The van der Waals surface area contributed by atoms with Gasteiger partial charge >= 0.3 is 0 Å². The van der Waals surface area contributed by atoms with Gasteiger partial charge < -0.3 is 4.74 Å². The van der Waals surface area contributed by atoms with Crippen LogP contribution in [0, 0.1) is 0 Å². The zero-order valence-corrected chi connectivity index (χ0v) is 21.0. The highest BCUT2D eigenvalue weighted by atomic mass is 32.3. The molecule has 0 aliphatic heterocycles. The van der Waals surface area contributed by atoms with Gasteiger partial charge in [0.2, 0.25) is 0 Å². The van der Waals surface area contributed by atoms with E-state index in [9.17, 15) is 16.8 Å². The Balaban J connectivity index is 1.54. The first-order chi connectivity index (χ1) is 16.9. The SMILES string of the molecule is O=S(=O)(c1ccccc1)N(CSc1ccc(OCc2ccccc2)cc1)S(=O)(=O)c1ccccc1. The van der Waals surface area contributed by atoms with Crippen LogP contribution in [0.15, 0.2) is 130 Å². The highest BCUT2D eigenvalue weighted by Crippen LogP contribution is 2.30. The lowest BCUT2D eigenvalue weighted by Crippen LogP contribution is -2.36. The number of sulfonamides is 2.